The molecule has 0 amide bonds. The van der Waals surface area contributed by atoms with Gasteiger partial charge in [0.05, 0.1) is 12.0 Å². The third-order valence-corrected chi connectivity index (χ3v) is 7.06. The van der Waals surface area contributed by atoms with Gasteiger partial charge < -0.3 is 14.7 Å². The molecule has 1 saturated carbocycles. The lowest BCUT2D eigenvalue weighted by Gasteiger charge is -2.36. The summed E-state index contributed by atoms with van der Waals surface area (Å²) in [4.78, 5) is 16.1. The van der Waals surface area contributed by atoms with Crippen LogP contribution in [-0.4, -0.2) is 61.4 Å². The number of piperazine rings is 1. The van der Waals surface area contributed by atoms with Crippen LogP contribution < -0.4 is 4.90 Å². The molecule has 2 fully saturated rings. The van der Waals surface area contributed by atoms with Crippen LogP contribution in [0.3, 0.4) is 0 Å². The van der Waals surface area contributed by atoms with E-state index < -0.39 is 5.97 Å². The van der Waals surface area contributed by atoms with Crippen LogP contribution in [0.2, 0.25) is 0 Å². The maximum atomic E-state index is 11.0. The minimum atomic E-state index is -0.646. The standard InChI is InChI=1S/C22H30N2O3S/c25-22(26)17-5-7-18(8-6-17)27-15-2-10-23-11-13-24(14-12-23)20-3-1-4-21-19(20)9-16-28-21/h1,3-4,9,16-18H,2,5-8,10-15H2,(H,25,26). The summed E-state index contributed by atoms with van der Waals surface area (Å²) in [6, 6.07) is 8.86. The number of ether oxygens (including phenoxy) is 1. The topological polar surface area (TPSA) is 53.0 Å². The molecule has 1 aliphatic carbocycles. The summed E-state index contributed by atoms with van der Waals surface area (Å²) in [6.07, 6.45) is 4.63. The number of anilines is 1. The highest BCUT2D eigenvalue weighted by atomic mass is 32.1. The number of hydrogen-bond donors (Lipinski definition) is 1. The summed E-state index contributed by atoms with van der Waals surface area (Å²) in [7, 11) is 0. The van der Waals surface area contributed by atoms with Crippen molar-refractivity contribution in [3.05, 3.63) is 29.6 Å². The first-order valence-electron chi connectivity index (χ1n) is 10.5. The predicted molar refractivity (Wildman–Crippen MR) is 114 cm³/mol. The molecule has 0 radical (unpaired) electrons. The lowest BCUT2D eigenvalue weighted by molar-refractivity contribution is -0.143. The Hall–Kier alpha value is -1.63. The molecule has 6 heteroatoms. The van der Waals surface area contributed by atoms with Crippen molar-refractivity contribution in [2.45, 2.75) is 38.2 Å². The summed E-state index contributed by atoms with van der Waals surface area (Å²) in [5, 5.41) is 12.6. The van der Waals surface area contributed by atoms with E-state index in [9.17, 15) is 4.79 Å². The van der Waals surface area contributed by atoms with Crippen molar-refractivity contribution in [1.82, 2.24) is 4.90 Å². The first kappa shape index (κ1) is 19.7. The molecule has 4 rings (SSSR count). The fraction of sp³-hybridized carbons (Fsp3) is 0.591. The van der Waals surface area contributed by atoms with Crippen molar-refractivity contribution >= 4 is 33.1 Å². The highest BCUT2D eigenvalue weighted by molar-refractivity contribution is 7.17. The molecule has 2 aliphatic rings. The van der Waals surface area contributed by atoms with Crippen LogP contribution in [0.25, 0.3) is 10.1 Å². The smallest absolute Gasteiger partial charge is 0.306 e. The van der Waals surface area contributed by atoms with E-state index in [0.29, 0.717) is 0 Å². The number of benzene rings is 1. The fourth-order valence-corrected chi connectivity index (χ4v) is 5.29. The fourth-order valence-electron chi connectivity index (χ4n) is 4.48. The van der Waals surface area contributed by atoms with Crippen molar-refractivity contribution in [3.63, 3.8) is 0 Å². The summed E-state index contributed by atoms with van der Waals surface area (Å²) in [5.41, 5.74) is 1.37. The highest BCUT2D eigenvalue weighted by Gasteiger charge is 2.26. The minimum Gasteiger partial charge on any atom is -0.481 e. The normalized spacial score (nSPS) is 23.9. The van der Waals surface area contributed by atoms with Gasteiger partial charge in [-0.15, -0.1) is 11.3 Å². The Kier molecular flexibility index (Phi) is 6.50. The molecule has 28 heavy (non-hydrogen) atoms. The Morgan fingerprint density at radius 2 is 1.89 bits per heavy atom. The summed E-state index contributed by atoms with van der Waals surface area (Å²) < 4.78 is 7.37. The van der Waals surface area contributed by atoms with Gasteiger partial charge in [-0.05, 0) is 55.7 Å². The Morgan fingerprint density at radius 1 is 1.11 bits per heavy atom. The average molecular weight is 403 g/mol. The number of fused-ring (bicyclic) bond motifs is 1. The first-order valence-corrected chi connectivity index (χ1v) is 11.4. The van der Waals surface area contributed by atoms with Gasteiger partial charge in [0.25, 0.3) is 0 Å². The number of aliphatic carboxylic acids is 1. The van der Waals surface area contributed by atoms with Crippen LogP contribution in [0.5, 0.6) is 0 Å². The number of rotatable bonds is 7. The third kappa shape index (κ3) is 4.67. The van der Waals surface area contributed by atoms with Gasteiger partial charge >= 0.3 is 5.97 Å². The molecule has 0 bridgehead atoms. The lowest BCUT2D eigenvalue weighted by atomic mass is 9.87. The Labute approximate surface area is 170 Å². The maximum absolute atomic E-state index is 11.0. The van der Waals surface area contributed by atoms with Gasteiger partial charge in [-0.3, -0.25) is 9.69 Å². The van der Waals surface area contributed by atoms with E-state index in [1.165, 1.54) is 15.8 Å². The van der Waals surface area contributed by atoms with Crippen molar-refractivity contribution in [3.8, 4) is 0 Å². The quantitative estimate of drug-likeness (QED) is 0.708. The molecule has 2 aromatic rings. The molecule has 1 aliphatic heterocycles. The zero-order chi connectivity index (χ0) is 19.3. The second kappa shape index (κ2) is 9.25. The second-order valence-electron chi connectivity index (χ2n) is 7.97. The monoisotopic (exact) mass is 402 g/mol. The molecule has 0 atom stereocenters. The van der Waals surface area contributed by atoms with Gasteiger partial charge in [-0.2, -0.15) is 0 Å². The number of carbonyl (C=O) groups is 1. The van der Waals surface area contributed by atoms with Crippen LogP contribution in [0.4, 0.5) is 5.69 Å². The molecule has 1 saturated heterocycles. The Balaban J connectivity index is 1.15. The largest absolute Gasteiger partial charge is 0.481 e. The number of hydrogen-bond acceptors (Lipinski definition) is 5. The molecule has 0 spiro atoms. The van der Waals surface area contributed by atoms with Crippen molar-refractivity contribution < 1.29 is 14.6 Å². The first-order chi connectivity index (χ1) is 13.7. The van der Waals surface area contributed by atoms with Gasteiger partial charge in [0.15, 0.2) is 0 Å². The van der Waals surface area contributed by atoms with Crippen molar-refractivity contribution in [2.24, 2.45) is 5.92 Å². The predicted octanol–water partition coefficient (Wildman–Crippen LogP) is 4.07. The van der Waals surface area contributed by atoms with Crippen LogP contribution in [0.15, 0.2) is 29.6 Å². The SMILES string of the molecule is O=C(O)C1CCC(OCCCN2CCN(c3cccc4sccc34)CC2)CC1. The molecular formula is C22H30N2O3S. The van der Waals surface area contributed by atoms with E-state index in [1.807, 2.05) is 11.3 Å². The maximum Gasteiger partial charge on any atom is 0.306 e. The number of carboxylic acid groups (broad SMARTS) is 1. The van der Waals surface area contributed by atoms with Crippen LogP contribution >= 0.6 is 11.3 Å². The second-order valence-corrected chi connectivity index (χ2v) is 8.92. The van der Waals surface area contributed by atoms with E-state index in [1.54, 1.807) is 0 Å². The van der Waals surface area contributed by atoms with Crippen molar-refractivity contribution in [1.29, 1.82) is 0 Å². The number of nitrogens with zero attached hydrogens (tertiary/aromatic N) is 2. The summed E-state index contributed by atoms with van der Waals surface area (Å²) >= 11 is 1.81. The highest BCUT2D eigenvalue weighted by Crippen LogP contribution is 2.31. The number of carboxylic acids is 1. The minimum absolute atomic E-state index is 0.156. The molecule has 0 unspecified atom stereocenters. The van der Waals surface area contributed by atoms with E-state index in [4.69, 9.17) is 9.84 Å². The van der Waals surface area contributed by atoms with Crippen molar-refractivity contribution in [2.75, 3.05) is 44.2 Å². The molecule has 1 aromatic carbocycles. The molecule has 152 valence electrons. The molecule has 1 aromatic heterocycles. The van der Waals surface area contributed by atoms with Gasteiger partial charge in [0.1, 0.15) is 0 Å². The summed E-state index contributed by atoms with van der Waals surface area (Å²) in [5.74, 6) is -0.802. The summed E-state index contributed by atoms with van der Waals surface area (Å²) in [6.45, 7) is 6.23. The number of thiophene rings is 1. The lowest BCUT2D eigenvalue weighted by Crippen LogP contribution is -2.46. The van der Waals surface area contributed by atoms with Gasteiger partial charge in [0.2, 0.25) is 0 Å². The van der Waals surface area contributed by atoms with E-state index >= 15 is 0 Å². The molecule has 1 N–H and O–H groups in total. The third-order valence-electron chi connectivity index (χ3n) is 6.18. The van der Waals surface area contributed by atoms with Crippen LogP contribution in [0, 0.1) is 5.92 Å². The average Bonchev–Trinajstić information content (AvgIpc) is 3.21. The van der Waals surface area contributed by atoms with Gasteiger partial charge in [-0.25, -0.2) is 0 Å². The van der Waals surface area contributed by atoms with Crippen LogP contribution in [-0.2, 0) is 9.53 Å². The van der Waals surface area contributed by atoms with Gasteiger partial charge in [-0.1, -0.05) is 6.07 Å². The molecule has 5 nitrogen and oxygen atoms in total. The van der Waals surface area contributed by atoms with E-state index in [-0.39, 0.29) is 12.0 Å². The Morgan fingerprint density at radius 3 is 2.64 bits per heavy atom. The van der Waals surface area contributed by atoms with E-state index in [2.05, 4.69) is 39.4 Å². The van der Waals surface area contributed by atoms with Crippen LogP contribution in [0.1, 0.15) is 32.1 Å². The molecule has 2 heterocycles. The van der Waals surface area contributed by atoms with Gasteiger partial charge in [0, 0.05) is 55.1 Å². The zero-order valence-corrected chi connectivity index (χ0v) is 17.2. The Bertz CT molecular complexity index is 777. The zero-order valence-electron chi connectivity index (χ0n) is 16.4. The molecular weight excluding hydrogens is 372 g/mol. The van der Waals surface area contributed by atoms with E-state index in [0.717, 1.165) is 71.4 Å².